The molecule has 3 N–H and O–H groups in total. The van der Waals surface area contributed by atoms with E-state index in [1.54, 1.807) is 20.8 Å². The van der Waals surface area contributed by atoms with Crippen LogP contribution in [-0.4, -0.2) is 39.5 Å². The standard InChI is InChI=1S/C14H20N2O6/c1-14(2,3)22-13(19)15-10(8-17)6-9-4-5-12(18)11(7-9)16(20)21/h4-5,7,10,17-18H,6,8H2,1-3H3,(H,15,19). The Morgan fingerprint density at radius 2 is 2.09 bits per heavy atom. The molecule has 0 saturated carbocycles. The monoisotopic (exact) mass is 312 g/mol. The largest absolute Gasteiger partial charge is 0.502 e. The van der Waals surface area contributed by atoms with Gasteiger partial charge in [-0.2, -0.15) is 0 Å². The molecule has 0 aliphatic rings. The first-order chi connectivity index (χ1) is 10.1. The lowest BCUT2D eigenvalue weighted by Crippen LogP contribution is -2.42. The lowest BCUT2D eigenvalue weighted by Gasteiger charge is -2.22. The lowest BCUT2D eigenvalue weighted by atomic mass is 10.1. The molecule has 1 aromatic carbocycles. The molecule has 8 nitrogen and oxygen atoms in total. The van der Waals surface area contributed by atoms with E-state index < -0.39 is 34.1 Å². The molecule has 0 bridgehead atoms. The Morgan fingerprint density at radius 3 is 2.59 bits per heavy atom. The first kappa shape index (κ1) is 17.7. The normalized spacial score (nSPS) is 12.5. The Hall–Kier alpha value is -2.35. The van der Waals surface area contributed by atoms with E-state index in [0.29, 0.717) is 5.56 Å². The fourth-order valence-corrected chi connectivity index (χ4v) is 1.76. The number of hydrogen-bond donors (Lipinski definition) is 3. The van der Waals surface area contributed by atoms with Gasteiger partial charge >= 0.3 is 11.8 Å². The number of ether oxygens (including phenoxy) is 1. The van der Waals surface area contributed by atoms with Crippen LogP contribution >= 0.6 is 0 Å². The van der Waals surface area contributed by atoms with Crippen molar-refractivity contribution in [2.24, 2.45) is 0 Å². The summed E-state index contributed by atoms with van der Waals surface area (Å²) in [6, 6.07) is 3.24. The summed E-state index contributed by atoms with van der Waals surface area (Å²) in [6.45, 7) is 4.78. The third-order valence-electron chi connectivity index (χ3n) is 2.66. The van der Waals surface area contributed by atoms with Crippen molar-refractivity contribution >= 4 is 11.8 Å². The van der Waals surface area contributed by atoms with Crippen LogP contribution in [0.2, 0.25) is 0 Å². The maximum atomic E-state index is 11.7. The number of phenolic OH excluding ortho intramolecular Hbond substituents is 1. The summed E-state index contributed by atoms with van der Waals surface area (Å²) in [5, 5.41) is 32.0. The minimum Gasteiger partial charge on any atom is -0.502 e. The molecule has 1 aromatic rings. The van der Waals surface area contributed by atoms with Gasteiger partial charge in [0, 0.05) is 6.07 Å². The van der Waals surface area contributed by atoms with Gasteiger partial charge in [-0.15, -0.1) is 0 Å². The molecule has 0 heterocycles. The van der Waals surface area contributed by atoms with Crippen molar-refractivity contribution in [3.63, 3.8) is 0 Å². The molecule has 0 spiro atoms. The van der Waals surface area contributed by atoms with E-state index in [0.717, 1.165) is 0 Å². The second-order valence-electron chi connectivity index (χ2n) is 5.81. The number of nitro benzene ring substituents is 1. The van der Waals surface area contributed by atoms with Crippen molar-refractivity contribution < 1.29 is 24.7 Å². The average Bonchev–Trinajstić information content (AvgIpc) is 2.37. The zero-order valence-corrected chi connectivity index (χ0v) is 12.7. The van der Waals surface area contributed by atoms with Crippen molar-refractivity contribution in [3.05, 3.63) is 33.9 Å². The van der Waals surface area contributed by atoms with Crippen molar-refractivity contribution in [2.45, 2.75) is 38.8 Å². The molecule has 0 fully saturated rings. The zero-order chi connectivity index (χ0) is 16.9. The molecular formula is C14H20N2O6. The first-order valence-corrected chi connectivity index (χ1v) is 6.69. The van der Waals surface area contributed by atoms with Crippen molar-refractivity contribution in [3.8, 4) is 5.75 Å². The third-order valence-corrected chi connectivity index (χ3v) is 2.66. The molecule has 1 rings (SSSR count). The highest BCUT2D eigenvalue weighted by Gasteiger charge is 2.20. The number of phenols is 1. The number of aliphatic hydroxyl groups excluding tert-OH is 1. The topological polar surface area (TPSA) is 122 Å². The van der Waals surface area contributed by atoms with E-state index >= 15 is 0 Å². The SMILES string of the molecule is CC(C)(C)OC(=O)NC(CO)Cc1ccc(O)c([N+](=O)[O-])c1. The first-order valence-electron chi connectivity index (χ1n) is 6.69. The minimum absolute atomic E-state index is 0.164. The number of hydrogen-bond acceptors (Lipinski definition) is 6. The summed E-state index contributed by atoms with van der Waals surface area (Å²) >= 11 is 0. The molecule has 1 atom stereocenters. The quantitative estimate of drug-likeness (QED) is 0.562. The number of nitrogens with zero attached hydrogens (tertiary/aromatic N) is 1. The zero-order valence-electron chi connectivity index (χ0n) is 12.7. The summed E-state index contributed by atoms with van der Waals surface area (Å²) in [7, 11) is 0. The lowest BCUT2D eigenvalue weighted by molar-refractivity contribution is -0.385. The number of rotatable bonds is 5. The van der Waals surface area contributed by atoms with Crippen LogP contribution in [0.15, 0.2) is 18.2 Å². The number of benzene rings is 1. The predicted octanol–water partition coefficient (Wildman–Crippen LogP) is 1.73. The molecule has 0 aliphatic carbocycles. The molecule has 22 heavy (non-hydrogen) atoms. The van der Waals surface area contributed by atoms with E-state index in [4.69, 9.17) is 4.74 Å². The van der Waals surface area contributed by atoms with Crippen LogP contribution in [0, 0.1) is 10.1 Å². The number of aromatic hydroxyl groups is 1. The van der Waals surface area contributed by atoms with Crippen LogP contribution in [0.4, 0.5) is 10.5 Å². The maximum absolute atomic E-state index is 11.7. The highest BCUT2D eigenvalue weighted by Crippen LogP contribution is 2.26. The minimum atomic E-state index is -0.700. The number of nitrogens with one attached hydrogen (secondary N) is 1. The van der Waals surface area contributed by atoms with Crippen LogP contribution in [0.1, 0.15) is 26.3 Å². The summed E-state index contributed by atoms with van der Waals surface area (Å²) in [6.07, 6.45) is -0.517. The molecule has 0 aliphatic heterocycles. The molecule has 1 amide bonds. The number of carbonyl (C=O) groups excluding carboxylic acids is 1. The summed E-state index contributed by atoms with van der Waals surface area (Å²) in [4.78, 5) is 21.7. The summed E-state index contributed by atoms with van der Waals surface area (Å²) in [5.74, 6) is -0.436. The number of carbonyl (C=O) groups is 1. The number of aliphatic hydroxyl groups is 1. The molecule has 0 aromatic heterocycles. The molecule has 0 radical (unpaired) electrons. The second-order valence-corrected chi connectivity index (χ2v) is 5.81. The van der Waals surface area contributed by atoms with Crippen molar-refractivity contribution in [1.29, 1.82) is 0 Å². The molecule has 0 saturated heterocycles. The van der Waals surface area contributed by atoms with Gasteiger partial charge < -0.3 is 20.3 Å². The van der Waals surface area contributed by atoms with Crippen LogP contribution < -0.4 is 5.32 Å². The van der Waals surface area contributed by atoms with Gasteiger partial charge in [0.05, 0.1) is 17.6 Å². The highest BCUT2D eigenvalue weighted by molar-refractivity contribution is 5.68. The number of amides is 1. The van der Waals surface area contributed by atoms with E-state index in [-0.39, 0.29) is 13.0 Å². The van der Waals surface area contributed by atoms with E-state index in [1.807, 2.05) is 0 Å². The van der Waals surface area contributed by atoms with Gasteiger partial charge in [-0.05, 0) is 38.8 Å². The Labute approximate surface area is 127 Å². The number of nitro groups is 1. The average molecular weight is 312 g/mol. The number of alkyl carbamates (subject to hydrolysis) is 1. The predicted molar refractivity (Wildman–Crippen MR) is 78.7 cm³/mol. The van der Waals surface area contributed by atoms with Gasteiger partial charge in [0.15, 0.2) is 5.75 Å². The second kappa shape index (κ2) is 7.08. The van der Waals surface area contributed by atoms with E-state index in [1.165, 1.54) is 18.2 Å². The Bertz CT molecular complexity index is 553. The van der Waals surface area contributed by atoms with Gasteiger partial charge in [-0.25, -0.2) is 4.79 Å². The van der Waals surface area contributed by atoms with E-state index in [2.05, 4.69) is 5.32 Å². The van der Waals surface area contributed by atoms with Crippen LogP contribution in [-0.2, 0) is 11.2 Å². The molecule has 1 unspecified atom stereocenters. The Morgan fingerprint density at radius 1 is 1.45 bits per heavy atom. The fourth-order valence-electron chi connectivity index (χ4n) is 1.76. The van der Waals surface area contributed by atoms with Crippen molar-refractivity contribution in [2.75, 3.05) is 6.61 Å². The fraction of sp³-hybridized carbons (Fsp3) is 0.500. The van der Waals surface area contributed by atoms with Crippen LogP contribution in [0.5, 0.6) is 5.75 Å². The van der Waals surface area contributed by atoms with Crippen LogP contribution in [0.3, 0.4) is 0 Å². The smallest absolute Gasteiger partial charge is 0.407 e. The van der Waals surface area contributed by atoms with Gasteiger partial charge in [0.25, 0.3) is 0 Å². The summed E-state index contributed by atoms with van der Waals surface area (Å²) in [5.41, 5.74) is -0.590. The Balaban J connectivity index is 2.76. The highest BCUT2D eigenvalue weighted by atomic mass is 16.6. The van der Waals surface area contributed by atoms with Gasteiger partial charge in [0.2, 0.25) is 0 Å². The maximum Gasteiger partial charge on any atom is 0.407 e. The molecule has 122 valence electrons. The molecule has 8 heteroatoms. The molecular weight excluding hydrogens is 292 g/mol. The summed E-state index contributed by atoms with van der Waals surface area (Å²) < 4.78 is 5.08. The van der Waals surface area contributed by atoms with Gasteiger partial charge in [-0.3, -0.25) is 10.1 Å². The third kappa shape index (κ3) is 5.57. The van der Waals surface area contributed by atoms with Crippen LogP contribution in [0.25, 0.3) is 0 Å². The van der Waals surface area contributed by atoms with Gasteiger partial charge in [-0.1, -0.05) is 6.07 Å². The Kier molecular flexibility index (Phi) is 5.69. The van der Waals surface area contributed by atoms with Gasteiger partial charge in [0.1, 0.15) is 5.60 Å². The van der Waals surface area contributed by atoms with E-state index in [9.17, 15) is 25.1 Å². The van der Waals surface area contributed by atoms with Crippen molar-refractivity contribution in [1.82, 2.24) is 5.32 Å².